The van der Waals surface area contributed by atoms with E-state index in [0.29, 0.717) is 0 Å². The molecule has 0 aliphatic rings. The fourth-order valence-corrected chi connectivity index (χ4v) is 1.52. The SMILES string of the molecule is CC(C(OC(=S)N(C)C)c1ccccc1)[N+](=O)[O-].NC(=O)S. The van der Waals surface area contributed by atoms with Gasteiger partial charge in [0.25, 0.3) is 16.5 Å². The van der Waals surface area contributed by atoms with Gasteiger partial charge in [0.2, 0.25) is 0 Å². The molecule has 0 saturated heterocycles. The monoisotopic (exact) mass is 345 g/mol. The van der Waals surface area contributed by atoms with Crippen LogP contribution in [-0.4, -0.2) is 40.4 Å². The summed E-state index contributed by atoms with van der Waals surface area (Å²) in [5.74, 6) is 0. The number of hydrogen-bond donors (Lipinski definition) is 2. The lowest BCUT2D eigenvalue weighted by atomic mass is 10.0. The summed E-state index contributed by atoms with van der Waals surface area (Å²) in [6, 6.07) is 8.20. The minimum absolute atomic E-state index is 0.234. The van der Waals surface area contributed by atoms with Gasteiger partial charge in [-0.2, -0.15) is 0 Å². The first-order valence-corrected chi connectivity index (χ1v) is 7.07. The van der Waals surface area contributed by atoms with Gasteiger partial charge in [0, 0.05) is 25.9 Å². The highest BCUT2D eigenvalue weighted by Gasteiger charge is 2.31. The summed E-state index contributed by atoms with van der Waals surface area (Å²) < 4.78 is 5.54. The van der Waals surface area contributed by atoms with Gasteiger partial charge >= 0.3 is 0 Å². The molecular formula is C13H19N3O4S2. The number of nitrogens with zero attached hydrogens (tertiary/aromatic N) is 2. The van der Waals surface area contributed by atoms with Crippen molar-refractivity contribution in [2.75, 3.05) is 14.1 Å². The Morgan fingerprint density at radius 1 is 1.41 bits per heavy atom. The van der Waals surface area contributed by atoms with Crippen molar-refractivity contribution < 1.29 is 14.5 Å². The zero-order valence-corrected chi connectivity index (χ0v) is 14.2. The summed E-state index contributed by atoms with van der Waals surface area (Å²) in [6.45, 7) is 1.51. The molecule has 0 saturated carbocycles. The van der Waals surface area contributed by atoms with E-state index in [1.54, 1.807) is 31.1 Å². The molecule has 7 nitrogen and oxygen atoms in total. The summed E-state index contributed by atoms with van der Waals surface area (Å²) in [5, 5.41) is 10.5. The van der Waals surface area contributed by atoms with Gasteiger partial charge in [0.05, 0.1) is 0 Å². The molecule has 0 radical (unpaired) electrons. The second-order valence-corrected chi connectivity index (χ2v) is 5.26. The molecule has 9 heteroatoms. The highest BCUT2D eigenvalue weighted by atomic mass is 32.1. The Kier molecular flexibility index (Phi) is 9.11. The molecule has 1 aromatic carbocycles. The first kappa shape index (κ1) is 20.1. The first-order chi connectivity index (χ1) is 10.2. The number of carbonyl (C=O) groups excluding carboxylic acids is 1. The Hall–Kier alpha value is -1.87. The molecule has 22 heavy (non-hydrogen) atoms. The zero-order chi connectivity index (χ0) is 17.3. The number of ether oxygens (including phenoxy) is 1. The number of nitrogens with two attached hydrogens (primary N) is 1. The van der Waals surface area contributed by atoms with Crippen LogP contribution in [-0.2, 0) is 4.74 Å². The van der Waals surface area contributed by atoms with Crippen LogP contribution in [0.3, 0.4) is 0 Å². The third-order valence-corrected chi connectivity index (χ3v) is 2.95. The van der Waals surface area contributed by atoms with E-state index in [-0.39, 0.29) is 10.1 Å². The first-order valence-electron chi connectivity index (χ1n) is 6.21. The van der Waals surface area contributed by atoms with Crippen molar-refractivity contribution in [3.8, 4) is 0 Å². The molecule has 0 bridgehead atoms. The van der Waals surface area contributed by atoms with Gasteiger partial charge in [-0.1, -0.05) is 43.0 Å². The second kappa shape index (κ2) is 9.96. The number of hydrogen-bond acceptors (Lipinski definition) is 5. The predicted molar refractivity (Wildman–Crippen MR) is 91.6 cm³/mol. The maximum Gasteiger partial charge on any atom is 0.273 e. The average molecular weight is 345 g/mol. The Labute approximate surface area is 140 Å². The number of primary amides is 1. The lowest BCUT2D eigenvalue weighted by Gasteiger charge is -2.23. The quantitative estimate of drug-likeness (QED) is 0.376. The van der Waals surface area contributed by atoms with Crippen LogP contribution in [0.2, 0.25) is 0 Å². The van der Waals surface area contributed by atoms with E-state index in [1.165, 1.54) is 6.92 Å². The van der Waals surface area contributed by atoms with Crippen LogP contribution >= 0.6 is 24.8 Å². The van der Waals surface area contributed by atoms with Gasteiger partial charge in [0.1, 0.15) is 0 Å². The summed E-state index contributed by atoms with van der Waals surface area (Å²) in [5.41, 5.74) is 5.08. The van der Waals surface area contributed by atoms with Crippen LogP contribution in [0.25, 0.3) is 0 Å². The normalized spacial score (nSPS) is 12.2. The Morgan fingerprint density at radius 3 is 2.23 bits per heavy atom. The smallest absolute Gasteiger partial charge is 0.273 e. The number of nitro groups is 1. The number of rotatable bonds is 4. The van der Waals surface area contributed by atoms with Crippen LogP contribution in [0, 0.1) is 10.1 Å². The topological polar surface area (TPSA) is 98.7 Å². The van der Waals surface area contributed by atoms with Gasteiger partial charge in [0.15, 0.2) is 6.10 Å². The Bertz CT molecular complexity index is 507. The van der Waals surface area contributed by atoms with Crippen molar-refractivity contribution in [3.63, 3.8) is 0 Å². The fourth-order valence-electron chi connectivity index (χ4n) is 1.41. The van der Waals surface area contributed by atoms with E-state index >= 15 is 0 Å². The molecule has 0 aliphatic carbocycles. The molecule has 1 amide bonds. The number of thiol groups is 1. The lowest BCUT2D eigenvalue weighted by Crippen LogP contribution is -2.32. The highest BCUT2D eigenvalue weighted by molar-refractivity contribution is 7.96. The molecular weight excluding hydrogens is 326 g/mol. The van der Waals surface area contributed by atoms with Crippen molar-refractivity contribution >= 4 is 35.3 Å². The van der Waals surface area contributed by atoms with Gasteiger partial charge in [-0.05, 0) is 17.8 Å². The molecule has 1 rings (SSSR count). The van der Waals surface area contributed by atoms with Gasteiger partial charge in [-0.15, -0.1) is 0 Å². The molecule has 0 spiro atoms. The molecule has 0 fully saturated rings. The van der Waals surface area contributed by atoms with E-state index in [0.717, 1.165) is 5.56 Å². The minimum Gasteiger partial charge on any atom is -0.455 e. The third kappa shape index (κ3) is 7.79. The van der Waals surface area contributed by atoms with E-state index < -0.39 is 17.4 Å². The molecule has 2 atom stereocenters. The maximum atomic E-state index is 10.9. The summed E-state index contributed by atoms with van der Waals surface area (Å²) in [4.78, 5) is 21.3. The van der Waals surface area contributed by atoms with Crippen molar-refractivity contribution in [1.82, 2.24) is 4.90 Å². The number of carbonyl (C=O) groups is 1. The second-order valence-electron chi connectivity index (χ2n) is 4.47. The summed E-state index contributed by atoms with van der Waals surface area (Å²) in [6.07, 6.45) is -0.684. The molecule has 2 unspecified atom stereocenters. The van der Waals surface area contributed by atoms with E-state index in [1.807, 2.05) is 18.2 Å². The lowest BCUT2D eigenvalue weighted by molar-refractivity contribution is -0.530. The van der Waals surface area contributed by atoms with Crippen LogP contribution in [0.4, 0.5) is 4.79 Å². The van der Waals surface area contributed by atoms with Crippen molar-refractivity contribution in [2.45, 2.75) is 19.1 Å². The van der Waals surface area contributed by atoms with E-state index in [9.17, 15) is 10.1 Å². The maximum absolute atomic E-state index is 10.9. The predicted octanol–water partition coefficient (Wildman–Crippen LogP) is 2.25. The molecule has 0 heterocycles. The summed E-state index contributed by atoms with van der Waals surface area (Å²) in [7, 11) is 3.47. The number of benzene rings is 1. The van der Waals surface area contributed by atoms with Gasteiger partial charge < -0.3 is 15.4 Å². The number of amides is 1. The minimum atomic E-state index is -0.870. The van der Waals surface area contributed by atoms with Gasteiger partial charge in [-0.3, -0.25) is 14.9 Å². The fraction of sp³-hybridized carbons (Fsp3) is 0.385. The van der Waals surface area contributed by atoms with Crippen molar-refractivity contribution in [2.24, 2.45) is 5.73 Å². The summed E-state index contributed by atoms with van der Waals surface area (Å²) >= 11 is 8.15. The molecule has 0 aliphatic heterocycles. The van der Waals surface area contributed by atoms with Crippen LogP contribution in [0.5, 0.6) is 0 Å². The number of thiocarbonyl (C=S) groups is 1. The van der Waals surface area contributed by atoms with E-state index in [4.69, 9.17) is 21.7 Å². The molecule has 122 valence electrons. The third-order valence-electron chi connectivity index (χ3n) is 2.49. The molecule has 0 aromatic heterocycles. The zero-order valence-electron chi connectivity index (χ0n) is 12.5. The average Bonchev–Trinajstić information content (AvgIpc) is 2.43. The standard InChI is InChI=1S/C12H16N2O3S.CH3NOS/c1-9(14(15)16)11(17-12(18)13(2)3)10-7-5-4-6-8-10;2-1(3)4/h4-9,11H,1-3H3;(H3,2,3,4). The van der Waals surface area contributed by atoms with Crippen molar-refractivity contribution in [3.05, 3.63) is 46.0 Å². The Morgan fingerprint density at radius 2 is 1.86 bits per heavy atom. The molecule has 1 aromatic rings. The van der Waals surface area contributed by atoms with E-state index in [2.05, 4.69) is 18.4 Å². The Balaban J connectivity index is 0.000000980. The van der Waals surface area contributed by atoms with Crippen molar-refractivity contribution in [1.29, 1.82) is 0 Å². The van der Waals surface area contributed by atoms with Crippen LogP contribution < -0.4 is 5.73 Å². The largest absolute Gasteiger partial charge is 0.455 e. The van der Waals surface area contributed by atoms with Crippen LogP contribution in [0.15, 0.2) is 30.3 Å². The molecule has 2 N–H and O–H groups in total. The highest BCUT2D eigenvalue weighted by Crippen LogP contribution is 2.23. The van der Waals surface area contributed by atoms with Crippen LogP contribution in [0.1, 0.15) is 18.6 Å². The van der Waals surface area contributed by atoms with Gasteiger partial charge in [-0.25, -0.2) is 0 Å².